The van der Waals surface area contributed by atoms with Crippen LogP contribution in [0.15, 0.2) is 12.3 Å². The van der Waals surface area contributed by atoms with Crippen LogP contribution in [0.4, 0.5) is 5.95 Å². The molecule has 1 aromatic heterocycles. The van der Waals surface area contributed by atoms with Crippen molar-refractivity contribution in [2.45, 2.75) is 32.2 Å². The lowest BCUT2D eigenvalue weighted by molar-refractivity contribution is -0.141. The van der Waals surface area contributed by atoms with E-state index in [4.69, 9.17) is 9.84 Å². The van der Waals surface area contributed by atoms with Crippen molar-refractivity contribution >= 4 is 11.9 Å². The summed E-state index contributed by atoms with van der Waals surface area (Å²) in [6.45, 7) is 2.45. The number of carbonyl (C=O) groups is 1. The number of carboxylic acids is 1. The molecular weight excluding hydrogens is 234 g/mol. The van der Waals surface area contributed by atoms with E-state index >= 15 is 0 Å². The van der Waals surface area contributed by atoms with E-state index in [2.05, 4.69) is 15.3 Å². The Morgan fingerprint density at radius 2 is 2.44 bits per heavy atom. The summed E-state index contributed by atoms with van der Waals surface area (Å²) in [4.78, 5) is 19.2. The third-order valence-electron chi connectivity index (χ3n) is 3.04. The number of hydrogen-bond donors (Lipinski definition) is 2. The van der Waals surface area contributed by atoms with Gasteiger partial charge in [-0.05, 0) is 26.2 Å². The van der Waals surface area contributed by atoms with Gasteiger partial charge in [-0.25, -0.2) is 4.98 Å². The molecule has 2 N–H and O–H groups in total. The quantitative estimate of drug-likeness (QED) is 0.825. The zero-order valence-electron chi connectivity index (χ0n) is 10.3. The summed E-state index contributed by atoms with van der Waals surface area (Å²) in [6.07, 6.45) is 3.79. The molecular formula is C12H17N3O3. The monoisotopic (exact) mass is 251 g/mol. The van der Waals surface area contributed by atoms with Crippen molar-refractivity contribution in [3.05, 3.63) is 12.3 Å². The average molecular weight is 251 g/mol. The van der Waals surface area contributed by atoms with E-state index in [1.165, 1.54) is 0 Å². The molecule has 18 heavy (non-hydrogen) atoms. The number of rotatable bonds is 5. The fraction of sp³-hybridized carbons (Fsp3) is 0.583. The van der Waals surface area contributed by atoms with E-state index in [-0.39, 0.29) is 12.0 Å². The average Bonchev–Trinajstić information content (AvgIpc) is 2.78. The maximum atomic E-state index is 10.9. The smallest absolute Gasteiger partial charge is 0.306 e. The lowest BCUT2D eigenvalue weighted by Gasteiger charge is -2.12. The minimum Gasteiger partial charge on any atom is -0.481 e. The molecule has 1 fully saturated rings. The molecule has 1 aliphatic carbocycles. The van der Waals surface area contributed by atoms with Crippen LogP contribution in [-0.4, -0.2) is 33.7 Å². The number of nitrogens with zero attached hydrogens (tertiary/aromatic N) is 2. The van der Waals surface area contributed by atoms with Gasteiger partial charge in [0.1, 0.15) is 0 Å². The lowest BCUT2D eigenvalue weighted by Crippen LogP contribution is -2.19. The largest absolute Gasteiger partial charge is 0.481 e. The Hall–Kier alpha value is -1.85. The van der Waals surface area contributed by atoms with E-state index in [1.54, 1.807) is 12.3 Å². The number of ether oxygens (including phenoxy) is 1. The highest BCUT2D eigenvalue weighted by Gasteiger charge is 2.29. The number of hydrogen-bond acceptors (Lipinski definition) is 5. The summed E-state index contributed by atoms with van der Waals surface area (Å²) < 4.78 is 5.29. The van der Waals surface area contributed by atoms with Crippen LogP contribution >= 0.6 is 0 Å². The Kier molecular flexibility index (Phi) is 3.96. The molecule has 1 heterocycles. The second kappa shape index (κ2) is 5.66. The number of anilines is 1. The molecule has 0 unspecified atom stereocenters. The van der Waals surface area contributed by atoms with Gasteiger partial charge < -0.3 is 15.2 Å². The fourth-order valence-corrected chi connectivity index (χ4v) is 2.16. The SMILES string of the molecule is CCOc1ccnc(N[C@H]2CC[C@@H](C(=O)O)C2)n1. The minimum atomic E-state index is -0.719. The van der Waals surface area contributed by atoms with Gasteiger partial charge in [-0.1, -0.05) is 0 Å². The van der Waals surface area contributed by atoms with Gasteiger partial charge in [0.05, 0.1) is 12.5 Å². The number of aliphatic carboxylic acids is 1. The first-order valence-corrected chi connectivity index (χ1v) is 6.14. The first kappa shape index (κ1) is 12.6. The van der Waals surface area contributed by atoms with E-state index in [9.17, 15) is 4.79 Å². The molecule has 0 aliphatic heterocycles. The molecule has 6 nitrogen and oxygen atoms in total. The Morgan fingerprint density at radius 1 is 1.61 bits per heavy atom. The Morgan fingerprint density at radius 3 is 3.11 bits per heavy atom. The van der Waals surface area contributed by atoms with Gasteiger partial charge in [0, 0.05) is 18.3 Å². The van der Waals surface area contributed by atoms with Crippen LogP contribution in [0.25, 0.3) is 0 Å². The van der Waals surface area contributed by atoms with Crippen molar-refractivity contribution in [2.75, 3.05) is 11.9 Å². The van der Waals surface area contributed by atoms with Crippen LogP contribution in [0, 0.1) is 5.92 Å². The molecule has 0 bridgehead atoms. The summed E-state index contributed by atoms with van der Waals surface area (Å²) in [7, 11) is 0. The summed E-state index contributed by atoms with van der Waals surface area (Å²) in [5.74, 6) is 0.0561. The predicted octanol–water partition coefficient (Wildman–Crippen LogP) is 1.54. The molecule has 0 aromatic carbocycles. The second-order valence-corrected chi connectivity index (χ2v) is 4.34. The topological polar surface area (TPSA) is 84.3 Å². The number of carboxylic acid groups (broad SMARTS) is 1. The molecule has 0 radical (unpaired) electrons. The highest BCUT2D eigenvalue weighted by Crippen LogP contribution is 2.27. The molecule has 0 spiro atoms. The third kappa shape index (κ3) is 3.09. The van der Waals surface area contributed by atoms with Crippen molar-refractivity contribution in [3.63, 3.8) is 0 Å². The summed E-state index contributed by atoms with van der Waals surface area (Å²) in [5, 5.41) is 12.1. The molecule has 6 heteroatoms. The van der Waals surface area contributed by atoms with Gasteiger partial charge in [0.2, 0.25) is 11.8 Å². The molecule has 1 saturated carbocycles. The summed E-state index contributed by atoms with van der Waals surface area (Å²) >= 11 is 0. The highest BCUT2D eigenvalue weighted by atomic mass is 16.5. The molecule has 1 aromatic rings. The van der Waals surface area contributed by atoms with Crippen molar-refractivity contribution in [2.24, 2.45) is 5.92 Å². The van der Waals surface area contributed by atoms with E-state index in [0.29, 0.717) is 31.3 Å². The van der Waals surface area contributed by atoms with Gasteiger partial charge in [0.25, 0.3) is 0 Å². The van der Waals surface area contributed by atoms with Gasteiger partial charge >= 0.3 is 5.97 Å². The number of aromatic nitrogens is 2. The molecule has 0 amide bonds. The Bertz CT molecular complexity index is 425. The molecule has 98 valence electrons. The van der Waals surface area contributed by atoms with Crippen LogP contribution in [0.2, 0.25) is 0 Å². The highest BCUT2D eigenvalue weighted by molar-refractivity contribution is 5.70. The van der Waals surface area contributed by atoms with Crippen LogP contribution < -0.4 is 10.1 Å². The van der Waals surface area contributed by atoms with Gasteiger partial charge in [-0.2, -0.15) is 4.98 Å². The Balaban J connectivity index is 1.94. The zero-order valence-corrected chi connectivity index (χ0v) is 10.3. The Labute approximate surface area is 105 Å². The lowest BCUT2D eigenvalue weighted by atomic mass is 10.1. The molecule has 2 atom stereocenters. The van der Waals surface area contributed by atoms with Gasteiger partial charge in [0.15, 0.2) is 0 Å². The van der Waals surface area contributed by atoms with Crippen molar-refractivity contribution in [1.82, 2.24) is 9.97 Å². The summed E-state index contributed by atoms with van der Waals surface area (Å²) in [6, 6.07) is 1.83. The van der Waals surface area contributed by atoms with Gasteiger partial charge in [-0.15, -0.1) is 0 Å². The van der Waals surface area contributed by atoms with Gasteiger partial charge in [-0.3, -0.25) is 4.79 Å². The van der Waals surface area contributed by atoms with Crippen LogP contribution in [-0.2, 0) is 4.79 Å². The molecule has 0 saturated heterocycles. The number of nitrogens with one attached hydrogen (secondary N) is 1. The van der Waals surface area contributed by atoms with Crippen molar-refractivity contribution in [3.8, 4) is 5.88 Å². The summed E-state index contributed by atoms with van der Waals surface area (Å²) in [5.41, 5.74) is 0. The van der Waals surface area contributed by atoms with Crippen LogP contribution in [0.1, 0.15) is 26.2 Å². The van der Waals surface area contributed by atoms with E-state index in [1.807, 2.05) is 6.92 Å². The van der Waals surface area contributed by atoms with Crippen molar-refractivity contribution < 1.29 is 14.6 Å². The van der Waals surface area contributed by atoms with Crippen LogP contribution in [0.5, 0.6) is 5.88 Å². The zero-order chi connectivity index (χ0) is 13.0. The van der Waals surface area contributed by atoms with E-state index in [0.717, 1.165) is 6.42 Å². The second-order valence-electron chi connectivity index (χ2n) is 4.34. The third-order valence-corrected chi connectivity index (χ3v) is 3.04. The predicted molar refractivity (Wildman–Crippen MR) is 65.6 cm³/mol. The molecule has 2 rings (SSSR count). The minimum absolute atomic E-state index is 0.128. The fourth-order valence-electron chi connectivity index (χ4n) is 2.16. The van der Waals surface area contributed by atoms with Crippen molar-refractivity contribution in [1.29, 1.82) is 0 Å². The molecule has 1 aliphatic rings. The maximum Gasteiger partial charge on any atom is 0.306 e. The van der Waals surface area contributed by atoms with Crippen LogP contribution in [0.3, 0.4) is 0 Å². The first-order chi connectivity index (χ1) is 8.69. The normalized spacial score (nSPS) is 22.7. The maximum absolute atomic E-state index is 10.9. The first-order valence-electron chi connectivity index (χ1n) is 6.14. The van der Waals surface area contributed by atoms with E-state index < -0.39 is 5.97 Å². The standard InChI is InChI=1S/C12H17N3O3/c1-2-18-10-5-6-13-12(15-10)14-9-4-3-8(7-9)11(16)17/h5-6,8-9H,2-4,7H2,1H3,(H,16,17)(H,13,14,15)/t8-,9+/m1/s1.